The number of hydrogen-bond acceptors (Lipinski definition) is 25. The van der Waals surface area contributed by atoms with Crippen molar-refractivity contribution in [3.8, 4) is 0 Å². The van der Waals surface area contributed by atoms with Crippen molar-refractivity contribution in [1.82, 2.24) is 74.0 Å². The molecule has 25 N–H and O–H groups in total. The van der Waals surface area contributed by atoms with Gasteiger partial charge in [-0.2, -0.15) is 0 Å². The van der Waals surface area contributed by atoms with Gasteiger partial charge in [0, 0.05) is 6.54 Å². The van der Waals surface area contributed by atoms with Crippen LogP contribution in [0.1, 0.15) is 47.5 Å². The molecule has 1 aliphatic heterocycles. The molecule has 1 fully saturated rings. The van der Waals surface area contributed by atoms with Gasteiger partial charge in [0.15, 0.2) is 6.04 Å². The maximum absolute atomic E-state index is 13.3. The third-order valence-corrected chi connectivity index (χ3v) is 12.3. The van der Waals surface area contributed by atoms with Gasteiger partial charge in [0.05, 0.1) is 89.7 Å². The summed E-state index contributed by atoms with van der Waals surface area (Å²) < 4.78 is 0. The molecule has 0 aromatic heterocycles. The number of carbonyl (C=O) groups excluding carboxylic acids is 14. The summed E-state index contributed by atoms with van der Waals surface area (Å²) in [4.78, 5) is 192. The highest BCUT2D eigenvalue weighted by atomic mass is 16.4. The summed E-state index contributed by atoms with van der Waals surface area (Å²) in [6, 6.07) is -18.9. The first-order valence-electron chi connectivity index (χ1n) is 26.6. The Morgan fingerprint density at radius 1 is 0.402 bits per heavy atom. The van der Waals surface area contributed by atoms with Crippen molar-refractivity contribution >= 4 is 88.7 Å². The fourth-order valence-corrected chi connectivity index (χ4v) is 7.46. The largest absolute Gasteiger partial charge is 0.480 e. The normalized spacial score (nSPS) is 17.6. The second-order valence-corrected chi connectivity index (χ2v) is 19.5. The van der Waals surface area contributed by atoms with E-state index in [-0.39, 0.29) is 19.4 Å². The van der Waals surface area contributed by atoms with Gasteiger partial charge in [-0.05, 0) is 47.5 Å². The number of hydrogen-bond donors (Lipinski definition) is 24. The van der Waals surface area contributed by atoms with Gasteiger partial charge in [0.1, 0.15) is 54.4 Å². The minimum Gasteiger partial charge on any atom is -0.480 e. The topological polar surface area (TPSA) is 644 Å². The lowest BCUT2D eigenvalue weighted by atomic mass is 10.1. The standard InChI is InChI=1S/C47H79N15O25/c1-18(48)37(76)49-9-29(72)53-23(13-63)38(77)56-26(16-66)41(80)58-33(19(2)68)44(83)51-11-31(74)54-24(14-64)39(78)57-27(17-67)42(81)59-34(20(3)69)45(84)52-12-32(75)62-8-6-7-28(62)43(82)50-10-30(73)55-25(15-65)40(79)60-35(21(4)70)46(85)61-36(22(5)71)47(86)87/h18-28,33-36,63-71H,6-17,48H2,1-5H3,(H,49,76)(H,50,82)(H,51,83)(H,52,84)(H,53,72)(H,54,74)(H,55,73)(H,56,77)(H,57,78)(H,58,80)(H,59,81)(H,60,79)(H,61,85)(H,86,87)/t18-,19+,20+,21+,22+,23-,24-,25-,26-,27-,28-,33-,34-,35-,36-/m0/s1. The quantitative estimate of drug-likeness (QED) is 0.0275. The van der Waals surface area contributed by atoms with Gasteiger partial charge in [-0.25, -0.2) is 4.79 Å². The van der Waals surface area contributed by atoms with Crippen LogP contribution < -0.4 is 74.9 Å². The van der Waals surface area contributed by atoms with Crippen LogP contribution in [-0.2, 0) is 71.9 Å². The number of aliphatic carboxylic acids is 1. The predicted octanol–water partition coefficient (Wildman–Crippen LogP) is -16.3. The smallest absolute Gasteiger partial charge is 0.328 e. The molecule has 1 saturated heterocycles. The average Bonchev–Trinajstić information content (AvgIpc) is 3.84. The summed E-state index contributed by atoms with van der Waals surface area (Å²) in [5.74, 6) is -17.4. The highest BCUT2D eigenvalue weighted by Gasteiger charge is 2.38. The van der Waals surface area contributed by atoms with Crippen molar-refractivity contribution in [2.45, 2.75) is 138 Å². The fourth-order valence-electron chi connectivity index (χ4n) is 7.46. The molecule has 15 atom stereocenters. The van der Waals surface area contributed by atoms with Crippen molar-refractivity contribution in [1.29, 1.82) is 0 Å². The van der Waals surface area contributed by atoms with Crippen molar-refractivity contribution in [2.24, 2.45) is 5.73 Å². The molecule has 1 aliphatic rings. The Kier molecular flexibility index (Phi) is 33.4. The van der Waals surface area contributed by atoms with Gasteiger partial charge in [0.2, 0.25) is 82.7 Å². The van der Waals surface area contributed by atoms with Crippen LogP contribution in [0, 0.1) is 0 Å². The maximum atomic E-state index is 13.3. The Bertz CT molecular complexity index is 2450. The summed E-state index contributed by atoms with van der Waals surface area (Å²) in [6.07, 6.45) is -6.39. The zero-order chi connectivity index (χ0) is 66.6. The molecular weight excluding hydrogens is 1170 g/mol. The second-order valence-electron chi connectivity index (χ2n) is 19.5. The minimum atomic E-state index is -1.95. The third-order valence-electron chi connectivity index (χ3n) is 12.3. The molecule has 40 nitrogen and oxygen atoms in total. The molecule has 0 aromatic carbocycles. The molecule has 1 heterocycles. The number of likely N-dealkylation sites (tertiary alicyclic amines) is 1. The van der Waals surface area contributed by atoms with Crippen molar-refractivity contribution in [2.75, 3.05) is 65.8 Å². The Morgan fingerprint density at radius 2 is 0.701 bits per heavy atom. The van der Waals surface area contributed by atoms with Crippen molar-refractivity contribution in [3.05, 3.63) is 0 Å². The molecule has 0 unspecified atom stereocenters. The SMILES string of the molecule is C[C@H](N)C(=O)NCC(=O)N[C@@H](CO)C(=O)N[C@@H](CO)C(=O)N[C@H](C(=O)NCC(=O)N[C@@H](CO)C(=O)N[C@@H](CO)C(=O)N[C@H](C(=O)NCC(=O)N1CCC[C@H]1C(=O)NCC(=O)N[C@@H](CO)C(=O)N[C@H](C(=O)N[C@H](C(=O)O)[C@@H](C)O)[C@@H](C)O)[C@@H](C)O)[C@@H](C)O. The second kappa shape index (κ2) is 37.9. The molecule has 0 saturated carbocycles. The first-order valence-corrected chi connectivity index (χ1v) is 26.6. The van der Waals surface area contributed by atoms with Gasteiger partial charge in [-0.15, -0.1) is 0 Å². The van der Waals surface area contributed by atoms with Crippen molar-refractivity contribution < 1.29 is 123 Å². The zero-order valence-corrected chi connectivity index (χ0v) is 47.8. The van der Waals surface area contributed by atoms with Crippen LogP contribution in [0.2, 0.25) is 0 Å². The zero-order valence-electron chi connectivity index (χ0n) is 47.8. The number of aliphatic hydroxyl groups is 9. The molecule has 87 heavy (non-hydrogen) atoms. The number of nitrogens with two attached hydrogens (primary N) is 1. The van der Waals surface area contributed by atoms with Crippen LogP contribution in [0.25, 0.3) is 0 Å². The monoisotopic (exact) mass is 1250 g/mol. The Balaban J connectivity index is 2.85. The van der Waals surface area contributed by atoms with E-state index in [1.165, 1.54) is 6.92 Å². The van der Waals surface area contributed by atoms with Gasteiger partial charge >= 0.3 is 5.97 Å². The molecule has 492 valence electrons. The molecular formula is C47H79N15O25. The van der Waals surface area contributed by atoms with Crippen LogP contribution in [0.4, 0.5) is 0 Å². The van der Waals surface area contributed by atoms with E-state index in [4.69, 9.17) is 5.73 Å². The van der Waals surface area contributed by atoms with E-state index in [1.54, 1.807) is 0 Å². The van der Waals surface area contributed by atoms with Gasteiger partial charge in [-0.1, -0.05) is 0 Å². The van der Waals surface area contributed by atoms with E-state index in [1.807, 2.05) is 37.2 Å². The number of carboxylic acids is 1. The number of nitrogens with one attached hydrogen (secondary N) is 13. The third kappa shape index (κ3) is 25.6. The minimum absolute atomic E-state index is 0.0333. The van der Waals surface area contributed by atoms with Gasteiger partial charge < -0.3 is 131 Å². The lowest BCUT2D eigenvalue weighted by molar-refractivity contribution is -0.146. The summed E-state index contributed by atoms with van der Waals surface area (Å²) in [7, 11) is 0. The van der Waals surface area contributed by atoms with E-state index in [0.29, 0.717) is 0 Å². The van der Waals surface area contributed by atoms with E-state index < -0.39 is 239 Å². The predicted molar refractivity (Wildman–Crippen MR) is 288 cm³/mol. The number of nitrogens with zero attached hydrogens (tertiary/aromatic N) is 1. The Hall–Kier alpha value is -8.35. The van der Waals surface area contributed by atoms with Gasteiger partial charge in [0.25, 0.3) is 0 Å². The molecule has 0 bridgehead atoms. The number of amides is 14. The molecule has 0 radical (unpaired) electrons. The fraction of sp³-hybridized carbons (Fsp3) is 0.681. The summed E-state index contributed by atoms with van der Waals surface area (Å²) in [5.41, 5.74) is 5.38. The van der Waals surface area contributed by atoms with Crippen LogP contribution >= 0.6 is 0 Å². The highest BCUT2D eigenvalue weighted by Crippen LogP contribution is 2.17. The summed E-state index contributed by atoms with van der Waals surface area (Å²) >= 11 is 0. The molecule has 14 amide bonds. The number of carbonyl (C=O) groups is 15. The van der Waals surface area contributed by atoms with E-state index in [2.05, 4.69) is 31.9 Å². The van der Waals surface area contributed by atoms with E-state index in [0.717, 1.165) is 32.6 Å². The lowest BCUT2D eigenvalue weighted by Gasteiger charge is -2.27. The first kappa shape index (κ1) is 76.7. The lowest BCUT2D eigenvalue weighted by Crippen LogP contribution is -2.61. The first-order chi connectivity index (χ1) is 40.7. The molecule has 1 rings (SSSR count). The molecule has 0 aromatic rings. The Labute approximate surface area is 494 Å². The number of aliphatic hydroxyl groups excluding tert-OH is 9. The molecule has 0 spiro atoms. The summed E-state index contributed by atoms with van der Waals surface area (Å²) in [5, 5.41) is 125. The molecule has 40 heteroatoms. The number of carboxylic acid groups (broad SMARTS) is 1. The maximum Gasteiger partial charge on any atom is 0.328 e. The van der Waals surface area contributed by atoms with E-state index in [9.17, 15) is 123 Å². The van der Waals surface area contributed by atoms with Crippen molar-refractivity contribution in [3.63, 3.8) is 0 Å². The van der Waals surface area contributed by atoms with Crippen LogP contribution in [0.3, 0.4) is 0 Å². The summed E-state index contributed by atoms with van der Waals surface area (Å²) in [6.45, 7) is -3.49. The average molecular weight is 1250 g/mol. The van der Waals surface area contributed by atoms with E-state index >= 15 is 0 Å². The number of rotatable bonds is 37. The van der Waals surface area contributed by atoms with Crippen LogP contribution in [-0.4, -0.2) is 301 Å². The highest BCUT2D eigenvalue weighted by molar-refractivity contribution is 5.99. The molecule has 0 aliphatic carbocycles. The van der Waals surface area contributed by atoms with Gasteiger partial charge in [-0.3, -0.25) is 67.1 Å². The van der Waals surface area contributed by atoms with Crippen LogP contribution in [0.15, 0.2) is 0 Å². The Morgan fingerprint density at radius 3 is 1.03 bits per heavy atom. The van der Waals surface area contributed by atoms with Crippen LogP contribution in [0.5, 0.6) is 0 Å².